The van der Waals surface area contributed by atoms with Crippen molar-refractivity contribution in [2.24, 2.45) is 0 Å². The standard InChI is InChI=1S/C31H29ClFN5O2/c1-22(23-9-3-2-4-10-23)38(31(40)25-12-6-8-14-27(25)33)21-30(39)37-19-17-36(18-20-37)29-16-15-28(34-35-29)24-11-5-7-13-26(24)32/h2-16,22H,17-21H2,1H3/t22-/m0/s1. The molecule has 0 spiro atoms. The molecule has 7 nitrogen and oxygen atoms in total. The van der Waals surface area contributed by atoms with E-state index in [0.717, 1.165) is 16.9 Å². The molecule has 2 heterocycles. The van der Waals surface area contributed by atoms with E-state index < -0.39 is 17.8 Å². The van der Waals surface area contributed by atoms with Gasteiger partial charge < -0.3 is 14.7 Å². The number of hydrogen-bond donors (Lipinski definition) is 0. The van der Waals surface area contributed by atoms with Crippen LogP contribution in [-0.4, -0.2) is 64.5 Å². The second-order valence-corrected chi connectivity index (χ2v) is 10.0. The molecule has 1 aliphatic heterocycles. The van der Waals surface area contributed by atoms with Crippen LogP contribution in [0, 0.1) is 5.82 Å². The Hall–Kier alpha value is -4.30. The molecule has 4 aromatic rings. The number of benzene rings is 3. The molecule has 0 unspecified atom stereocenters. The lowest BCUT2D eigenvalue weighted by atomic mass is 10.0. The van der Waals surface area contributed by atoms with Crippen LogP contribution in [-0.2, 0) is 4.79 Å². The van der Waals surface area contributed by atoms with Gasteiger partial charge in [0, 0.05) is 31.7 Å². The molecule has 0 radical (unpaired) electrons. The number of nitrogens with zero attached hydrogens (tertiary/aromatic N) is 5. The smallest absolute Gasteiger partial charge is 0.257 e. The van der Waals surface area contributed by atoms with Gasteiger partial charge in [-0.15, -0.1) is 10.2 Å². The molecule has 9 heteroatoms. The maximum Gasteiger partial charge on any atom is 0.257 e. The molecule has 5 rings (SSSR count). The fraction of sp³-hybridized carbons (Fsp3) is 0.226. The summed E-state index contributed by atoms with van der Waals surface area (Å²) in [6.07, 6.45) is 0. The first kappa shape index (κ1) is 27.3. The van der Waals surface area contributed by atoms with Gasteiger partial charge in [0.1, 0.15) is 12.4 Å². The van der Waals surface area contributed by atoms with Crippen LogP contribution in [0.5, 0.6) is 0 Å². The fourth-order valence-electron chi connectivity index (χ4n) is 4.82. The quantitative estimate of drug-likeness (QED) is 0.301. The molecular weight excluding hydrogens is 529 g/mol. The van der Waals surface area contributed by atoms with Gasteiger partial charge in [-0.05, 0) is 42.8 Å². The highest BCUT2D eigenvalue weighted by atomic mass is 35.5. The maximum absolute atomic E-state index is 14.5. The Morgan fingerprint density at radius 2 is 1.55 bits per heavy atom. The normalized spacial score (nSPS) is 14.1. The highest BCUT2D eigenvalue weighted by Crippen LogP contribution is 2.27. The lowest BCUT2D eigenvalue weighted by Crippen LogP contribution is -2.52. The van der Waals surface area contributed by atoms with E-state index in [1.54, 1.807) is 11.0 Å². The molecule has 1 fully saturated rings. The average Bonchev–Trinajstić information content (AvgIpc) is 3.00. The van der Waals surface area contributed by atoms with Crippen LogP contribution >= 0.6 is 11.6 Å². The lowest BCUT2D eigenvalue weighted by molar-refractivity contribution is -0.132. The monoisotopic (exact) mass is 557 g/mol. The predicted molar refractivity (Wildman–Crippen MR) is 154 cm³/mol. The second kappa shape index (κ2) is 12.3. The van der Waals surface area contributed by atoms with Gasteiger partial charge in [-0.3, -0.25) is 9.59 Å². The first-order chi connectivity index (χ1) is 19.4. The van der Waals surface area contributed by atoms with Crippen molar-refractivity contribution in [2.75, 3.05) is 37.6 Å². The van der Waals surface area contributed by atoms with Gasteiger partial charge in [-0.25, -0.2) is 4.39 Å². The van der Waals surface area contributed by atoms with Crippen molar-refractivity contribution in [1.82, 2.24) is 20.0 Å². The largest absolute Gasteiger partial charge is 0.352 e. The van der Waals surface area contributed by atoms with Crippen LogP contribution < -0.4 is 4.90 Å². The van der Waals surface area contributed by atoms with E-state index >= 15 is 0 Å². The Morgan fingerprint density at radius 1 is 0.875 bits per heavy atom. The number of rotatable bonds is 7. The SMILES string of the molecule is C[C@@H](c1ccccc1)N(CC(=O)N1CCN(c2ccc(-c3ccccc3Cl)nn2)CC1)C(=O)c1ccccc1F. The number of amides is 2. The van der Waals surface area contributed by atoms with Crippen molar-refractivity contribution in [3.63, 3.8) is 0 Å². The molecular formula is C31H29ClFN5O2. The predicted octanol–water partition coefficient (Wildman–Crippen LogP) is 5.49. The van der Waals surface area contributed by atoms with Crippen molar-refractivity contribution < 1.29 is 14.0 Å². The molecule has 1 saturated heterocycles. The zero-order valence-electron chi connectivity index (χ0n) is 22.1. The number of piperazine rings is 1. The van der Waals surface area contributed by atoms with Gasteiger partial charge >= 0.3 is 0 Å². The lowest BCUT2D eigenvalue weighted by Gasteiger charge is -2.37. The fourth-order valence-corrected chi connectivity index (χ4v) is 5.06. The van der Waals surface area contributed by atoms with E-state index in [4.69, 9.17) is 11.6 Å². The second-order valence-electron chi connectivity index (χ2n) is 9.62. The summed E-state index contributed by atoms with van der Waals surface area (Å²) in [5, 5.41) is 9.35. The van der Waals surface area contributed by atoms with E-state index in [-0.39, 0.29) is 18.0 Å². The van der Waals surface area contributed by atoms with Crippen molar-refractivity contribution in [3.8, 4) is 11.3 Å². The molecule has 2 amide bonds. The number of anilines is 1. The molecule has 1 atom stereocenters. The minimum atomic E-state index is -0.611. The third kappa shape index (κ3) is 5.97. The summed E-state index contributed by atoms with van der Waals surface area (Å²) in [6.45, 7) is 3.77. The molecule has 0 saturated carbocycles. The Morgan fingerprint density at radius 3 is 2.23 bits per heavy atom. The Labute approximate surface area is 237 Å². The van der Waals surface area contributed by atoms with Crippen molar-refractivity contribution >= 4 is 29.2 Å². The van der Waals surface area contributed by atoms with E-state index in [0.29, 0.717) is 36.9 Å². The van der Waals surface area contributed by atoms with Gasteiger partial charge in [0.15, 0.2) is 5.82 Å². The number of aromatic nitrogens is 2. The van der Waals surface area contributed by atoms with E-state index in [1.807, 2.05) is 73.7 Å². The van der Waals surface area contributed by atoms with Crippen LogP contribution in [0.1, 0.15) is 28.9 Å². The summed E-state index contributed by atoms with van der Waals surface area (Å²) in [5.41, 5.74) is 2.32. The zero-order chi connectivity index (χ0) is 28.1. The summed E-state index contributed by atoms with van der Waals surface area (Å²) >= 11 is 6.29. The summed E-state index contributed by atoms with van der Waals surface area (Å²) in [6, 6.07) is 26.1. The van der Waals surface area contributed by atoms with Crippen LogP contribution in [0.3, 0.4) is 0 Å². The summed E-state index contributed by atoms with van der Waals surface area (Å²) in [4.78, 5) is 32.1. The summed E-state index contributed by atoms with van der Waals surface area (Å²) < 4.78 is 14.5. The minimum Gasteiger partial charge on any atom is -0.352 e. The number of hydrogen-bond acceptors (Lipinski definition) is 5. The maximum atomic E-state index is 14.5. The van der Waals surface area contributed by atoms with Crippen molar-refractivity contribution in [3.05, 3.63) is 113 Å². The highest BCUT2D eigenvalue weighted by molar-refractivity contribution is 6.33. The van der Waals surface area contributed by atoms with E-state index in [1.165, 1.54) is 23.1 Å². The Bertz CT molecular complexity index is 1480. The molecule has 0 N–H and O–H groups in total. The minimum absolute atomic E-state index is 0.0540. The number of halogens is 2. The first-order valence-corrected chi connectivity index (χ1v) is 13.5. The van der Waals surface area contributed by atoms with Crippen LogP contribution in [0.15, 0.2) is 91.0 Å². The highest BCUT2D eigenvalue weighted by Gasteiger charge is 2.30. The van der Waals surface area contributed by atoms with Gasteiger partial charge in [0.25, 0.3) is 5.91 Å². The third-order valence-corrected chi connectivity index (χ3v) is 7.51. The molecule has 40 heavy (non-hydrogen) atoms. The average molecular weight is 558 g/mol. The summed E-state index contributed by atoms with van der Waals surface area (Å²) in [7, 11) is 0. The van der Waals surface area contributed by atoms with Gasteiger partial charge in [-0.1, -0.05) is 72.3 Å². The van der Waals surface area contributed by atoms with Crippen molar-refractivity contribution in [1.29, 1.82) is 0 Å². The van der Waals surface area contributed by atoms with Crippen LogP contribution in [0.25, 0.3) is 11.3 Å². The topological polar surface area (TPSA) is 69.6 Å². The molecule has 1 aromatic heterocycles. The molecule has 0 aliphatic carbocycles. The third-order valence-electron chi connectivity index (χ3n) is 7.18. The number of carbonyl (C=O) groups is 2. The van der Waals surface area contributed by atoms with Crippen molar-refractivity contribution in [2.45, 2.75) is 13.0 Å². The van der Waals surface area contributed by atoms with Crippen LogP contribution in [0.2, 0.25) is 5.02 Å². The van der Waals surface area contributed by atoms with Gasteiger partial charge in [0.2, 0.25) is 5.91 Å². The molecule has 1 aliphatic rings. The van der Waals surface area contributed by atoms with Gasteiger partial charge in [0.05, 0.1) is 22.3 Å². The van der Waals surface area contributed by atoms with E-state index in [2.05, 4.69) is 15.1 Å². The van der Waals surface area contributed by atoms with Gasteiger partial charge in [-0.2, -0.15) is 0 Å². The molecule has 204 valence electrons. The molecule has 3 aromatic carbocycles. The Balaban J connectivity index is 1.26. The zero-order valence-corrected chi connectivity index (χ0v) is 22.8. The summed E-state index contributed by atoms with van der Waals surface area (Å²) in [5.74, 6) is -0.597. The molecule has 0 bridgehead atoms. The Kier molecular flexibility index (Phi) is 8.36. The first-order valence-electron chi connectivity index (χ1n) is 13.1. The number of carbonyl (C=O) groups excluding carboxylic acids is 2. The van der Waals surface area contributed by atoms with Crippen LogP contribution in [0.4, 0.5) is 10.2 Å². The van der Waals surface area contributed by atoms with E-state index in [9.17, 15) is 14.0 Å².